The van der Waals surface area contributed by atoms with Crippen LogP contribution in [0.3, 0.4) is 0 Å². The molecule has 0 aromatic carbocycles. The average Bonchev–Trinajstić information content (AvgIpc) is 3.49. The van der Waals surface area contributed by atoms with E-state index in [0.29, 0.717) is 5.41 Å². The van der Waals surface area contributed by atoms with E-state index in [1.807, 2.05) is 5.57 Å². The summed E-state index contributed by atoms with van der Waals surface area (Å²) in [5.41, 5.74) is 5.42. The topological polar surface area (TPSA) is 0 Å². The van der Waals surface area contributed by atoms with Crippen LogP contribution in [-0.4, -0.2) is 13.4 Å². The summed E-state index contributed by atoms with van der Waals surface area (Å²) < 4.78 is 0. The summed E-state index contributed by atoms with van der Waals surface area (Å²) in [5.74, 6) is 4.98. The van der Waals surface area contributed by atoms with E-state index in [9.17, 15) is 0 Å². The van der Waals surface area contributed by atoms with Gasteiger partial charge in [0.15, 0.2) is 13.4 Å². The molecule has 3 aliphatic heterocycles. The molecule has 0 radical (unpaired) electrons. The predicted octanol–water partition coefficient (Wildman–Crippen LogP) is 12.2. The lowest BCUT2D eigenvalue weighted by Crippen LogP contribution is -2.68. The van der Waals surface area contributed by atoms with E-state index in [1.54, 1.807) is 25.7 Å². The lowest BCUT2D eigenvalue weighted by atomic mass is 9.01. The van der Waals surface area contributed by atoms with Crippen LogP contribution >= 0.6 is 0 Å². The molecule has 5 fully saturated rings. The molecule has 5 aliphatic rings. The Morgan fingerprint density at radius 3 is 1.76 bits per heavy atom. The monoisotopic (exact) mass is 517 g/mol. The van der Waals surface area contributed by atoms with Gasteiger partial charge in [-0.1, -0.05) is 153 Å². The minimum atomic E-state index is 0.467. The zero-order valence-corrected chi connectivity index (χ0v) is 26.2. The van der Waals surface area contributed by atoms with Crippen molar-refractivity contribution in [1.82, 2.24) is 0 Å². The Hall–Kier alpha value is -0.390. The Bertz CT molecular complexity index is 775. The first-order valence-electron chi connectivity index (χ1n) is 17.9. The number of allylic oxidation sites excluding steroid dienone is 3. The highest BCUT2D eigenvalue weighted by molar-refractivity contribution is 6.78. The second-order valence-corrected chi connectivity index (χ2v) is 15.0. The van der Waals surface area contributed by atoms with Gasteiger partial charge >= 0.3 is 0 Å². The molecule has 0 nitrogen and oxygen atoms in total. The third-order valence-corrected chi connectivity index (χ3v) is 13.8. The molecule has 0 N–H and O–H groups in total. The molecule has 5 rings (SSSR count). The summed E-state index contributed by atoms with van der Waals surface area (Å²) in [6.45, 7) is 16.3. The summed E-state index contributed by atoms with van der Waals surface area (Å²) in [5, 5.41) is 0. The van der Waals surface area contributed by atoms with Crippen LogP contribution in [0, 0.1) is 10.8 Å². The van der Waals surface area contributed by atoms with Crippen LogP contribution in [0.25, 0.3) is 0 Å². The summed E-state index contributed by atoms with van der Waals surface area (Å²) in [7, 11) is 0. The lowest BCUT2D eigenvalue weighted by molar-refractivity contribution is -0.0150. The van der Waals surface area contributed by atoms with Crippen molar-refractivity contribution in [3.8, 4) is 0 Å². The molecule has 3 heterocycles. The first-order chi connectivity index (χ1) is 18.6. The smallest absolute Gasteiger partial charge is 0.104 e. The Balaban J connectivity index is 1.56. The molecular formula is C36H62B2. The van der Waals surface area contributed by atoms with Crippen molar-refractivity contribution in [2.75, 3.05) is 0 Å². The van der Waals surface area contributed by atoms with Gasteiger partial charge in [-0.2, -0.15) is 0 Å². The van der Waals surface area contributed by atoms with E-state index in [4.69, 9.17) is 0 Å². The average molecular weight is 517 g/mol. The second kappa shape index (κ2) is 12.6. The lowest BCUT2D eigenvalue weighted by Gasteiger charge is -2.76. The van der Waals surface area contributed by atoms with Crippen molar-refractivity contribution in [3.63, 3.8) is 0 Å². The van der Waals surface area contributed by atoms with Gasteiger partial charge in [-0.3, -0.25) is 0 Å². The minimum Gasteiger partial charge on any atom is -0.104 e. The minimum absolute atomic E-state index is 0.467. The van der Waals surface area contributed by atoms with Crippen LogP contribution in [0.5, 0.6) is 0 Å². The molecule has 0 amide bonds. The number of hydrogen-bond acceptors (Lipinski definition) is 0. The van der Waals surface area contributed by atoms with Gasteiger partial charge in [-0.05, 0) is 61.6 Å². The normalized spacial score (nSPS) is 32.6. The number of unbranched alkanes of at least 4 members (excludes halogenated alkanes) is 6. The summed E-state index contributed by atoms with van der Waals surface area (Å²) in [6.07, 6.45) is 33.0. The van der Waals surface area contributed by atoms with Crippen LogP contribution < -0.4 is 0 Å². The highest BCUT2D eigenvalue weighted by atomic mass is 14.6. The second-order valence-electron chi connectivity index (χ2n) is 15.0. The van der Waals surface area contributed by atoms with Gasteiger partial charge in [0, 0.05) is 0 Å². The fourth-order valence-electron chi connectivity index (χ4n) is 11.8. The van der Waals surface area contributed by atoms with E-state index < -0.39 is 0 Å². The molecule has 2 bridgehead atoms. The molecule has 38 heavy (non-hydrogen) atoms. The van der Waals surface area contributed by atoms with Crippen molar-refractivity contribution in [1.29, 1.82) is 0 Å². The third kappa shape index (κ3) is 4.87. The van der Waals surface area contributed by atoms with Crippen molar-refractivity contribution in [3.05, 3.63) is 23.7 Å². The third-order valence-electron chi connectivity index (χ3n) is 13.8. The number of rotatable bonds is 18. The quantitative estimate of drug-likeness (QED) is 0.0965. The van der Waals surface area contributed by atoms with Gasteiger partial charge < -0.3 is 0 Å². The van der Waals surface area contributed by atoms with E-state index in [0.717, 1.165) is 47.9 Å². The largest absolute Gasteiger partial charge is 0.177 e. The maximum atomic E-state index is 4.41. The van der Waals surface area contributed by atoms with Crippen LogP contribution in [0.15, 0.2) is 23.7 Å². The van der Waals surface area contributed by atoms with Crippen LogP contribution in [0.2, 0.25) is 29.1 Å². The molecule has 2 saturated carbocycles. The number of hydrogen-bond donors (Lipinski definition) is 0. The number of fused-ring (bicyclic) bond motifs is 2. The Morgan fingerprint density at radius 1 is 0.816 bits per heavy atom. The van der Waals surface area contributed by atoms with E-state index >= 15 is 0 Å². The molecule has 212 valence electrons. The van der Waals surface area contributed by atoms with Crippen LogP contribution in [0.1, 0.15) is 163 Å². The summed E-state index contributed by atoms with van der Waals surface area (Å²) in [4.78, 5) is 0. The van der Waals surface area contributed by atoms with Crippen molar-refractivity contribution in [2.45, 2.75) is 192 Å². The molecule has 1 spiro atoms. The zero-order valence-electron chi connectivity index (χ0n) is 26.2. The van der Waals surface area contributed by atoms with Gasteiger partial charge in [0.05, 0.1) is 0 Å². The SMILES string of the molecule is C=CC[C@H](B1C2CCC1CC2)/C(B1C2CCC23CCC13)=C(/CC)C(CC)(CCCCCC)CCCCCC. The Morgan fingerprint density at radius 2 is 1.37 bits per heavy atom. The van der Waals surface area contributed by atoms with Gasteiger partial charge in [0.2, 0.25) is 0 Å². The predicted molar refractivity (Wildman–Crippen MR) is 172 cm³/mol. The maximum absolute atomic E-state index is 4.41. The highest BCUT2D eigenvalue weighted by Gasteiger charge is 2.73. The first-order valence-corrected chi connectivity index (χ1v) is 17.9. The molecule has 2 unspecified atom stereocenters. The highest BCUT2D eigenvalue weighted by Crippen LogP contribution is 2.82. The Labute approximate surface area is 239 Å². The fraction of sp³-hybridized carbons (Fsp3) is 0.889. The Kier molecular flexibility index (Phi) is 9.68. The molecule has 0 aromatic heterocycles. The van der Waals surface area contributed by atoms with E-state index in [2.05, 4.69) is 45.8 Å². The molecule has 3 saturated heterocycles. The molecular weight excluding hydrogens is 454 g/mol. The van der Waals surface area contributed by atoms with Crippen molar-refractivity contribution < 1.29 is 0 Å². The summed E-state index contributed by atoms with van der Waals surface area (Å²) in [6, 6.07) is 0. The van der Waals surface area contributed by atoms with Gasteiger partial charge in [-0.25, -0.2) is 0 Å². The first kappa shape index (κ1) is 29.1. The molecule has 0 aromatic rings. The van der Waals surface area contributed by atoms with Crippen molar-refractivity contribution >= 4 is 13.4 Å². The molecule has 2 heteroatoms. The van der Waals surface area contributed by atoms with Crippen molar-refractivity contribution in [2.24, 2.45) is 10.8 Å². The standard InChI is InChI=1S/C36H62B2/c1-6-11-13-15-24-35(10-5,25-16-14-12-7-2)30(9-4)34(38-32-22-26-36(32)27-23-33(36)38)31(17-8-3)37-28-18-19-29(37)21-20-28/h8,28-29,31-33H,3,6-7,9-27H2,1-2,4-5H3/b34-30+/t28?,29?,31-,32?,33?,36?/m0/s1. The van der Waals surface area contributed by atoms with Gasteiger partial charge in [0.25, 0.3) is 0 Å². The molecule has 3 atom stereocenters. The van der Waals surface area contributed by atoms with E-state index in [-0.39, 0.29) is 0 Å². The van der Waals surface area contributed by atoms with Gasteiger partial charge in [0.1, 0.15) is 0 Å². The van der Waals surface area contributed by atoms with Crippen LogP contribution in [0.4, 0.5) is 0 Å². The zero-order chi connectivity index (χ0) is 26.8. The van der Waals surface area contributed by atoms with Gasteiger partial charge in [-0.15, -0.1) is 12.1 Å². The van der Waals surface area contributed by atoms with E-state index in [1.165, 1.54) is 109 Å². The summed E-state index contributed by atoms with van der Waals surface area (Å²) >= 11 is 0. The van der Waals surface area contributed by atoms with Crippen LogP contribution in [-0.2, 0) is 0 Å². The fourth-order valence-corrected chi connectivity index (χ4v) is 11.8. The maximum Gasteiger partial charge on any atom is 0.177 e. The molecule has 2 aliphatic carbocycles.